The number of hydrazone groups is 1. The van der Waals surface area contributed by atoms with Gasteiger partial charge in [0.05, 0.1) is 11.9 Å². The minimum absolute atomic E-state index is 0.125. The van der Waals surface area contributed by atoms with Crippen LogP contribution in [-0.2, 0) is 4.79 Å². The van der Waals surface area contributed by atoms with Gasteiger partial charge in [0.2, 0.25) is 0 Å². The summed E-state index contributed by atoms with van der Waals surface area (Å²) in [6, 6.07) is 12.5. The van der Waals surface area contributed by atoms with Crippen molar-refractivity contribution in [2.24, 2.45) is 15.3 Å². The van der Waals surface area contributed by atoms with Gasteiger partial charge in [0.15, 0.2) is 11.5 Å². The molecule has 0 aliphatic heterocycles. The summed E-state index contributed by atoms with van der Waals surface area (Å²) in [5.74, 6) is -0.882. The van der Waals surface area contributed by atoms with Gasteiger partial charge in [0.25, 0.3) is 5.91 Å². The topological polar surface area (TPSA) is 124 Å². The molecule has 1 amide bonds. The average Bonchev–Trinajstić information content (AvgIpc) is 2.63. The lowest BCUT2D eigenvalue weighted by Crippen LogP contribution is -2.17. The molecule has 138 valence electrons. The van der Waals surface area contributed by atoms with E-state index in [4.69, 9.17) is 0 Å². The standard InChI is InChI=1S/C19H18N4O4/c1-12(24)18(13(2)25)22-21-16-7-5-15(6-8-16)19(27)23-20-11-14-3-9-17(26)10-4-14/h3-11,24,26H,1-2H3,(H,23,27)/b18-12-,20-11+,22-21?. The zero-order valence-corrected chi connectivity index (χ0v) is 14.7. The van der Waals surface area contributed by atoms with Crippen molar-refractivity contribution in [1.29, 1.82) is 0 Å². The van der Waals surface area contributed by atoms with Gasteiger partial charge in [0.1, 0.15) is 11.5 Å². The second kappa shape index (κ2) is 9.04. The van der Waals surface area contributed by atoms with Crippen LogP contribution in [0.25, 0.3) is 0 Å². The minimum Gasteiger partial charge on any atom is -0.510 e. The highest BCUT2D eigenvalue weighted by atomic mass is 16.3. The van der Waals surface area contributed by atoms with Crippen LogP contribution >= 0.6 is 0 Å². The molecule has 27 heavy (non-hydrogen) atoms. The number of azo groups is 1. The highest BCUT2D eigenvalue weighted by Gasteiger charge is 2.07. The maximum Gasteiger partial charge on any atom is 0.271 e. The van der Waals surface area contributed by atoms with Crippen LogP contribution in [0, 0.1) is 0 Å². The molecule has 8 nitrogen and oxygen atoms in total. The number of allylic oxidation sites excluding steroid dienone is 2. The Morgan fingerprint density at radius 2 is 1.63 bits per heavy atom. The molecule has 0 bridgehead atoms. The largest absolute Gasteiger partial charge is 0.510 e. The molecule has 0 heterocycles. The second-order valence-corrected chi connectivity index (χ2v) is 5.53. The van der Waals surface area contributed by atoms with E-state index in [1.807, 2.05) is 0 Å². The number of benzene rings is 2. The number of amides is 1. The number of Topliss-reactive ketones (excluding diaryl/α,β-unsaturated/α-hetero) is 1. The number of nitrogens with one attached hydrogen (secondary N) is 1. The normalized spacial score (nSPS) is 12.2. The summed E-state index contributed by atoms with van der Waals surface area (Å²) in [5.41, 5.74) is 3.76. The number of phenols is 1. The zero-order valence-electron chi connectivity index (χ0n) is 14.7. The van der Waals surface area contributed by atoms with Crippen molar-refractivity contribution in [1.82, 2.24) is 5.43 Å². The van der Waals surface area contributed by atoms with E-state index in [0.29, 0.717) is 11.3 Å². The molecule has 0 aromatic heterocycles. The van der Waals surface area contributed by atoms with Crippen molar-refractivity contribution in [2.45, 2.75) is 13.8 Å². The molecule has 2 rings (SSSR count). The van der Waals surface area contributed by atoms with E-state index in [9.17, 15) is 19.8 Å². The first-order valence-electron chi connectivity index (χ1n) is 7.92. The lowest BCUT2D eigenvalue weighted by atomic mass is 10.2. The number of rotatable bonds is 6. The Labute approximate surface area is 155 Å². The Morgan fingerprint density at radius 1 is 1.00 bits per heavy atom. The number of ketones is 1. The van der Waals surface area contributed by atoms with Gasteiger partial charge in [-0.1, -0.05) is 0 Å². The van der Waals surface area contributed by atoms with Crippen LogP contribution in [0.3, 0.4) is 0 Å². The summed E-state index contributed by atoms with van der Waals surface area (Å²) >= 11 is 0. The highest BCUT2D eigenvalue weighted by Crippen LogP contribution is 2.16. The van der Waals surface area contributed by atoms with Gasteiger partial charge in [-0.2, -0.15) is 10.2 Å². The van der Waals surface area contributed by atoms with Crippen LogP contribution in [0.4, 0.5) is 5.69 Å². The van der Waals surface area contributed by atoms with Crippen molar-refractivity contribution >= 4 is 23.6 Å². The molecule has 0 saturated carbocycles. The molecule has 0 atom stereocenters. The van der Waals surface area contributed by atoms with Crippen LogP contribution in [0.5, 0.6) is 5.75 Å². The Balaban J connectivity index is 1.99. The van der Waals surface area contributed by atoms with E-state index < -0.39 is 11.7 Å². The van der Waals surface area contributed by atoms with Gasteiger partial charge in [0, 0.05) is 12.5 Å². The first-order valence-corrected chi connectivity index (χ1v) is 7.92. The first kappa shape index (κ1) is 19.5. The number of carbonyl (C=O) groups excluding carboxylic acids is 2. The molecule has 0 spiro atoms. The summed E-state index contributed by atoms with van der Waals surface area (Å²) < 4.78 is 0. The van der Waals surface area contributed by atoms with E-state index in [1.165, 1.54) is 44.3 Å². The number of aliphatic hydroxyl groups is 1. The van der Waals surface area contributed by atoms with E-state index in [-0.39, 0.29) is 17.2 Å². The fourth-order valence-electron chi connectivity index (χ4n) is 1.98. The molecular formula is C19H18N4O4. The Morgan fingerprint density at radius 3 is 2.19 bits per heavy atom. The molecule has 2 aromatic carbocycles. The molecule has 8 heteroatoms. The summed E-state index contributed by atoms with van der Waals surface area (Å²) in [6.45, 7) is 2.63. The van der Waals surface area contributed by atoms with Crippen LogP contribution in [0.2, 0.25) is 0 Å². The van der Waals surface area contributed by atoms with Gasteiger partial charge >= 0.3 is 0 Å². The maximum atomic E-state index is 12.0. The van der Waals surface area contributed by atoms with Crippen LogP contribution in [0.15, 0.2) is 75.3 Å². The lowest BCUT2D eigenvalue weighted by Gasteiger charge is -2.01. The van der Waals surface area contributed by atoms with Crippen molar-refractivity contribution in [2.75, 3.05) is 0 Å². The smallest absolute Gasteiger partial charge is 0.271 e. The summed E-state index contributed by atoms with van der Waals surface area (Å²) in [4.78, 5) is 23.4. The fraction of sp³-hybridized carbons (Fsp3) is 0.105. The summed E-state index contributed by atoms with van der Waals surface area (Å²) in [5, 5.41) is 30.0. The van der Waals surface area contributed by atoms with Gasteiger partial charge in [-0.15, -0.1) is 5.11 Å². The van der Waals surface area contributed by atoms with Crippen molar-refractivity contribution < 1.29 is 19.8 Å². The molecule has 0 unspecified atom stereocenters. The molecule has 0 fully saturated rings. The third-order valence-electron chi connectivity index (χ3n) is 3.34. The third kappa shape index (κ3) is 5.89. The minimum atomic E-state index is -0.413. The molecule has 0 aliphatic carbocycles. The van der Waals surface area contributed by atoms with Crippen molar-refractivity contribution in [3.63, 3.8) is 0 Å². The molecule has 0 saturated heterocycles. The van der Waals surface area contributed by atoms with Gasteiger partial charge < -0.3 is 10.2 Å². The predicted molar refractivity (Wildman–Crippen MR) is 100 cm³/mol. The first-order chi connectivity index (χ1) is 12.9. The second-order valence-electron chi connectivity index (χ2n) is 5.53. The monoisotopic (exact) mass is 366 g/mol. The Bertz CT molecular complexity index is 910. The van der Waals surface area contributed by atoms with Gasteiger partial charge in [-0.05, 0) is 61.0 Å². The number of carbonyl (C=O) groups is 2. The third-order valence-corrected chi connectivity index (χ3v) is 3.34. The van der Waals surface area contributed by atoms with E-state index >= 15 is 0 Å². The lowest BCUT2D eigenvalue weighted by molar-refractivity contribution is -0.113. The van der Waals surface area contributed by atoms with E-state index in [2.05, 4.69) is 20.8 Å². The number of aliphatic hydroxyl groups excluding tert-OH is 1. The highest BCUT2D eigenvalue weighted by molar-refractivity contribution is 5.95. The van der Waals surface area contributed by atoms with Crippen LogP contribution in [0.1, 0.15) is 29.8 Å². The number of hydrogen-bond acceptors (Lipinski definition) is 7. The summed E-state index contributed by atoms with van der Waals surface area (Å²) in [7, 11) is 0. The van der Waals surface area contributed by atoms with Crippen molar-refractivity contribution in [3.8, 4) is 5.75 Å². The SMILES string of the molecule is CC(=O)/C(N=Nc1ccc(C(=O)N/N=C/c2ccc(O)cc2)cc1)=C(\C)O. The van der Waals surface area contributed by atoms with Gasteiger partial charge in [-0.3, -0.25) is 9.59 Å². The zero-order chi connectivity index (χ0) is 19.8. The number of aromatic hydroxyl groups is 1. The number of nitrogens with zero attached hydrogens (tertiary/aromatic N) is 3. The predicted octanol–water partition coefficient (Wildman–Crippen LogP) is 3.62. The average molecular weight is 366 g/mol. The molecule has 0 aliphatic rings. The van der Waals surface area contributed by atoms with Crippen LogP contribution < -0.4 is 5.43 Å². The van der Waals surface area contributed by atoms with Crippen LogP contribution in [-0.4, -0.2) is 28.1 Å². The summed E-state index contributed by atoms with van der Waals surface area (Å²) in [6.07, 6.45) is 1.45. The van der Waals surface area contributed by atoms with E-state index in [0.717, 1.165) is 5.56 Å². The van der Waals surface area contributed by atoms with Gasteiger partial charge in [-0.25, -0.2) is 5.43 Å². The number of phenolic OH excluding ortho intramolecular Hbond substituents is 1. The quantitative estimate of drug-likeness (QED) is 0.237. The molecule has 0 radical (unpaired) electrons. The Hall–Kier alpha value is -3.81. The number of hydrogen-bond donors (Lipinski definition) is 3. The molecular weight excluding hydrogens is 348 g/mol. The Kier molecular flexibility index (Phi) is 6.54. The van der Waals surface area contributed by atoms with E-state index in [1.54, 1.807) is 24.3 Å². The molecule has 3 N–H and O–H groups in total. The fourth-order valence-corrected chi connectivity index (χ4v) is 1.98. The van der Waals surface area contributed by atoms with Crippen molar-refractivity contribution in [3.05, 3.63) is 71.1 Å². The molecule has 2 aromatic rings. The maximum absolute atomic E-state index is 12.0.